The second-order valence-corrected chi connectivity index (χ2v) is 6.13. The van der Waals surface area contributed by atoms with Crippen LogP contribution >= 0.6 is 11.3 Å². The molecule has 2 rings (SSSR count). The molecule has 1 aromatic carbocycles. The molecule has 12 heteroatoms. The summed E-state index contributed by atoms with van der Waals surface area (Å²) in [6.45, 7) is 0.759. The normalized spacial score (nSPS) is 13.1. The topological polar surface area (TPSA) is 63.8 Å². The fourth-order valence-electron chi connectivity index (χ4n) is 2.10. The Labute approximate surface area is 152 Å². The second-order valence-electron chi connectivity index (χ2n) is 5.15. The number of aliphatic hydroxyl groups excluding tert-OH is 1. The minimum Gasteiger partial charge on any atom is -0.406 e. The van der Waals surface area contributed by atoms with Gasteiger partial charge in [-0.25, -0.2) is 4.99 Å². The predicted octanol–water partition coefficient (Wildman–Crippen LogP) is 3.73. The van der Waals surface area contributed by atoms with Crippen LogP contribution in [0.1, 0.15) is 15.4 Å². The molecule has 0 saturated carbocycles. The third-order valence-corrected chi connectivity index (χ3v) is 4.42. The molecule has 5 nitrogen and oxygen atoms in total. The standard InChI is InChI=1S/C15H12F6N2O3S/c1-8-11(12(25)14(16,17)18)27-13(23(8)6-7-24)22-9-2-4-10(5-3-9)26-15(19,20)21/h2-5,24H,6-7H2,1H3. The zero-order chi connectivity index (χ0) is 20.4. The van der Waals surface area contributed by atoms with E-state index in [1.165, 1.54) is 23.6 Å². The lowest BCUT2D eigenvalue weighted by Crippen LogP contribution is -2.23. The number of Topliss-reactive ketones (excluding diaryl/α,β-unsaturated/α-hetero) is 1. The minimum atomic E-state index is -5.07. The molecule has 0 fully saturated rings. The van der Waals surface area contributed by atoms with Crippen LogP contribution in [0.4, 0.5) is 32.0 Å². The van der Waals surface area contributed by atoms with E-state index in [4.69, 9.17) is 5.11 Å². The van der Waals surface area contributed by atoms with Crippen molar-refractivity contribution in [2.75, 3.05) is 6.61 Å². The molecule has 0 aliphatic carbocycles. The number of nitrogens with zero attached hydrogens (tertiary/aromatic N) is 2. The van der Waals surface area contributed by atoms with Gasteiger partial charge in [0.25, 0.3) is 5.78 Å². The Hall–Kier alpha value is -2.34. The van der Waals surface area contributed by atoms with E-state index in [1.807, 2.05) is 0 Å². The lowest BCUT2D eigenvalue weighted by molar-refractivity contribution is -0.274. The number of rotatable bonds is 5. The molecule has 0 atom stereocenters. The smallest absolute Gasteiger partial charge is 0.406 e. The average Bonchev–Trinajstić information content (AvgIpc) is 2.83. The number of halogens is 6. The highest BCUT2D eigenvalue weighted by atomic mass is 32.1. The maximum Gasteiger partial charge on any atom is 0.573 e. The van der Waals surface area contributed by atoms with Crippen molar-refractivity contribution in [3.05, 3.63) is 39.6 Å². The van der Waals surface area contributed by atoms with Gasteiger partial charge < -0.3 is 14.4 Å². The molecule has 0 amide bonds. The van der Waals surface area contributed by atoms with Crippen LogP contribution < -0.4 is 9.54 Å². The van der Waals surface area contributed by atoms with Gasteiger partial charge >= 0.3 is 12.5 Å². The monoisotopic (exact) mass is 414 g/mol. The van der Waals surface area contributed by atoms with E-state index in [-0.39, 0.29) is 22.7 Å². The van der Waals surface area contributed by atoms with Gasteiger partial charge in [0, 0.05) is 12.2 Å². The van der Waals surface area contributed by atoms with E-state index in [9.17, 15) is 31.1 Å². The number of hydrogen-bond donors (Lipinski definition) is 1. The Kier molecular flexibility index (Phi) is 6.00. The van der Waals surface area contributed by atoms with Crippen molar-refractivity contribution < 1.29 is 41.0 Å². The van der Waals surface area contributed by atoms with Gasteiger partial charge in [-0.2, -0.15) is 13.2 Å². The van der Waals surface area contributed by atoms with Gasteiger partial charge in [0.15, 0.2) is 4.80 Å². The summed E-state index contributed by atoms with van der Waals surface area (Å²) in [6, 6.07) is 4.32. The van der Waals surface area contributed by atoms with E-state index >= 15 is 0 Å². The average molecular weight is 414 g/mol. The summed E-state index contributed by atoms with van der Waals surface area (Å²) in [5, 5.41) is 9.10. The molecule has 0 unspecified atom stereocenters. The van der Waals surface area contributed by atoms with E-state index in [0.29, 0.717) is 11.3 Å². The molecule has 27 heavy (non-hydrogen) atoms. The van der Waals surface area contributed by atoms with Crippen LogP contribution in [0.25, 0.3) is 0 Å². The van der Waals surface area contributed by atoms with Crippen molar-refractivity contribution in [1.29, 1.82) is 0 Å². The van der Waals surface area contributed by atoms with Crippen molar-refractivity contribution in [3.63, 3.8) is 0 Å². The number of ether oxygens (including phenoxy) is 1. The third kappa shape index (κ3) is 5.32. The zero-order valence-corrected chi connectivity index (χ0v) is 14.4. The Morgan fingerprint density at radius 1 is 1.19 bits per heavy atom. The zero-order valence-electron chi connectivity index (χ0n) is 13.6. The van der Waals surface area contributed by atoms with Gasteiger partial charge in [0.1, 0.15) is 10.6 Å². The molecule has 1 heterocycles. The van der Waals surface area contributed by atoms with Crippen LogP contribution in [0, 0.1) is 6.92 Å². The second kappa shape index (κ2) is 7.72. The summed E-state index contributed by atoms with van der Waals surface area (Å²) in [4.78, 5) is 15.0. The number of hydrogen-bond acceptors (Lipinski definition) is 5. The fraction of sp³-hybridized carbons (Fsp3) is 0.333. The summed E-state index contributed by atoms with van der Waals surface area (Å²) >= 11 is 0.474. The molecule has 1 N–H and O–H groups in total. The lowest BCUT2D eigenvalue weighted by Gasteiger charge is -2.08. The van der Waals surface area contributed by atoms with Crippen molar-refractivity contribution >= 4 is 22.8 Å². The highest BCUT2D eigenvalue weighted by Gasteiger charge is 2.41. The number of carbonyl (C=O) groups excluding carboxylic acids is 1. The Bertz CT molecular complexity index is 881. The highest BCUT2D eigenvalue weighted by Crippen LogP contribution is 2.27. The quantitative estimate of drug-likeness (QED) is 0.599. The van der Waals surface area contributed by atoms with Gasteiger partial charge in [-0.05, 0) is 31.2 Å². The molecule has 0 aliphatic heterocycles. The molecule has 2 aromatic rings. The first-order chi connectivity index (χ1) is 12.4. The number of alkyl halides is 6. The Morgan fingerprint density at radius 3 is 2.26 bits per heavy atom. The number of carbonyl (C=O) groups is 1. The Balaban J connectivity index is 2.46. The minimum absolute atomic E-state index is 0.0151. The van der Waals surface area contributed by atoms with Gasteiger partial charge in [-0.1, -0.05) is 11.3 Å². The summed E-state index contributed by atoms with van der Waals surface area (Å²) in [6.07, 6.45) is -9.93. The number of aliphatic hydroxyl groups is 1. The van der Waals surface area contributed by atoms with E-state index in [1.54, 1.807) is 0 Å². The van der Waals surface area contributed by atoms with Crippen LogP contribution in [0.5, 0.6) is 5.75 Å². The third-order valence-electron chi connectivity index (χ3n) is 3.24. The molecular weight excluding hydrogens is 402 g/mol. The molecule has 0 spiro atoms. The number of aromatic nitrogens is 1. The van der Waals surface area contributed by atoms with E-state index < -0.39 is 35.6 Å². The first-order valence-electron chi connectivity index (χ1n) is 7.25. The SMILES string of the molecule is Cc1c(C(=O)C(F)(F)F)sc(=Nc2ccc(OC(F)(F)F)cc2)n1CCO. The number of benzene rings is 1. The number of ketones is 1. The maximum atomic E-state index is 12.7. The maximum absolute atomic E-state index is 12.7. The molecule has 1 aromatic heterocycles. The summed E-state index contributed by atoms with van der Waals surface area (Å²) < 4.78 is 79.5. The van der Waals surface area contributed by atoms with Crippen molar-refractivity contribution in [1.82, 2.24) is 4.57 Å². The lowest BCUT2D eigenvalue weighted by atomic mass is 10.2. The first kappa shape index (κ1) is 21.0. The van der Waals surface area contributed by atoms with E-state index in [0.717, 1.165) is 12.1 Å². The van der Waals surface area contributed by atoms with Crippen LogP contribution in [0.3, 0.4) is 0 Å². The van der Waals surface area contributed by atoms with Crippen LogP contribution in [0.15, 0.2) is 29.3 Å². The van der Waals surface area contributed by atoms with Gasteiger partial charge in [0.05, 0.1) is 12.3 Å². The largest absolute Gasteiger partial charge is 0.573 e. The summed E-state index contributed by atoms with van der Waals surface area (Å²) in [5.74, 6) is -2.52. The van der Waals surface area contributed by atoms with Crippen molar-refractivity contribution in [2.24, 2.45) is 4.99 Å². The first-order valence-corrected chi connectivity index (χ1v) is 8.07. The highest BCUT2D eigenvalue weighted by molar-refractivity contribution is 7.11. The van der Waals surface area contributed by atoms with Crippen LogP contribution in [0.2, 0.25) is 0 Å². The van der Waals surface area contributed by atoms with Gasteiger partial charge in [0.2, 0.25) is 0 Å². The molecule has 148 valence electrons. The van der Waals surface area contributed by atoms with Crippen molar-refractivity contribution in [2.45, 2.75) is 26.0 Å². The number of thiazole rings is 1. The van der Waals surface area contributed by atoms with Crippen molar-refractivity contribution in [3.8, 4) is 5.75 Å². The van der Waals surface area contributed by atoms with Gasteiger partial charge in [-0.3, -0.25) is 4.79 Å². The molecule has 0 aliphatic rings. The fourth-order valence-corrected chi connectivity index (χ4v) is 3.24. The molecule has 0 radical (unpaired) electrons. The predicted molar refractivity (Wildman–Crippen MR) is 82.9 cm³/mol. The van der Waals surface area contributed by atoms with Crippen LogP contribution in [-0.2, 0) is 6.54 Å². The van der Waals surface area contributed by atoms with Gasteiger partial charge in [-0.15, -0.1) is 13.2 Å². The molecule has 0 saturated heterocycles. The van der Waals surface area contributed by atoms with Crippen LogP contribution in [-0.4, -0.2) is 34.6 Å². The van der Waals surface area contributed by atoms with E-state index in [2.05, 4.69) is 9.73 Å². The summed E-state index contributed by atoms with van der Waals surface area (Å²) in [5.41, 5.74) is 0.107. The molecular formula is C15H12F6N2O3S. The Morgan fingerprint density at radius 2 is 1.78 bits per heavy atom. The molecule has 0 bridgehead atoms. The summed E-state index contributed by atoms with van der Waals surface area (Å²) in [7, 11) is 0.